The van der Waals surface area contributed by atoms with Crippen LogP contribution < -0.4 is 21.9 Å². The molecule has 0 fully saturated rings. The van der Waals surface area contributed by atoms with Crippen molar-refractivity contribution >= 4 is 23.2 Å². The highest BCUT2D eigenvalue weighted by molar-refractivity contribution is 7.80. The lowest BCUT2D eigenvalue weighted by atomic mass is 10.1. The van der Waals surface area contributed by atoms with Crippen molar-refractivity contribution in [3.63, 3.8) is 0 Å². The fourth-order valence-corrected chi connectivity index (χ4v) is 2.09. The van der Waals surface area contributed by atoms with Gasteiger partial charge in [0.05, 0.1) is 0 Å². The van der Waals surface area contributed by atoms with E-state index in [1.54, 1.807) is 0 Å². The van der Waals surface area contributed by atoms with Gasteiger partial charge in [-0.25, -0.2) is 9.18 Å². The molecule has 3 N–H and O–H groups in total. The van der Waals surface area contributed by atoms with Gasteiger partial charge in [0.2, 0.25) is 5.89 Å². The highest BCUT2D eigenvalue weighted by atomic mass is 32.1. The summed E-state index contributed by atoms with van der Waals surface area (Å²) < 4.78 is 18.8. The predicted octanol–water partition coefficient (Wildman–Crippen LogP) is 1.18. The number of halogens is 1. The lowest BCUT2D eigenvalue weighted by Crippen LogP contribution is -2.48. The smallest absolute Gasteiger partial charge is 0.388 e. The lowest BCUT2D eigenvalue weighted by Gasteiger charge is -2.12. The first-order chi connectivity index (χ1) is 12.3. The molecule has 0 aliphatic rings. The van der Waals surface area contributed by atoms with Crippen LogP contribution in [0, 0.1) is 11.7 Å². The molecular formula is C16H20FN5O3S. The second-order valence-corrected chi connectivity index (χ2v) is 6.36. The quantitative estimate of drug-likeness (QED) is 0.510. The number of hydrogen-bond donors (Lipinski definition) is 3. The van der Waals surface area contributed by atoms with Crippen molar-refractivity contribution < 1.29 is 13.6 Å². The van der Waals surface area contributed by atoms with Gasteiger partial charge in [0.25, 0.3) is 5.91 Å². The van der Waals surface area contributed by atoms with E-state index in [1.165, 1.54) is 24.3 Å². The number of amides is 1. The van der Waals surface area contributed by atoms with Gasteiger partial charge < -0.3 is 9.73 Å². The fourth-order valence-electron chi connectivity index (χ4n) is 1.94. The number of thiocarbonyl (C=S) groups is 1. The second kappa shape index (κ2) is 9.09. The van der Waals surface area contributed by atoms with Gasteiger partial charge in [0, 0.05) is 12.1 Å². The Morgan fingerprint density at radius 2 is 2.00 bits per heavy atom. The van der Waals surface area contributed by atoms with Gasteiger partial charge in [-0.15, -0.1) is 5.10 Å². The molecule has 26 heavy (non-hydrogen) atoms. The van der Waals surface area contributed by atoms with Crippen LogP contribution in [-0.2, 0) is 11.3 Å². The maximum atomic E-state index is 12.9. The van der Waals surface area contributed by atoms with Gasteiger partial charge in [0.1, 0.15) is 12.4 Å². The maximum absolute atomic E-state index is 12.9. The average Bonchev–Trinajstić information content (AvgIpc) is 2.94. The van der Waals surface area contributed by atoms with Crippen molar-refractivity contribution in [3.05, 3.63) is 40.6 Å². The summed E-state index contributed by atoms with van der Waals surface area (Å²) in [5, 5.41) is 7.15. The summed E-state index contributed by atoms with van der Waals surface area (Å²) in [7, 11) is 0. The van der Waals surface area contributed by atoms with E-state index in [0.717, 1.165) is 11.1 Å². The van der Waals surface area contributed by atoms with E-state index in [0.29, 0.717) is 18.0 Å². The number of carbonyl (C=O) groups excluding carboxylic acids is 1. The Balaban J connectivity index is 1.86. The van der Waals surface area contributed by atoms with Crippen molar-refractivity contribution in [3.8, 4) is 11.5 Å². The maximum Gasteiger partial charge on any atom is 0.437 e. The Kier molecular flexibility index (Phi) is 6.84. The number of nitrogens with one attached hydrogen (secondary N) is 3. The Morgan fingerprint density at radius 3 is 2.65 bits per heavy atom. The third-order valence-corrected chi connectivity index (χ3v) is 3.56. The van der Waals surface area contributed by atoms with Crippen LogP contribution in [0.15, 0.2) is 33.5 Å². The van der Waals surface area contributed by atoms with Crippen molar-refractivity contribution in [2.75, 3.05) is 6.54 Å². The minimum Gasteiger partial charge on any atom is -0.388 e. The number of hydrogen-bond acceptors (Lipinski definition) is 5. The van der Waals surface area contributed by atoms with E-state index in [9.17, 15) is 14.0 Å². The SMILES string of the molecule is CC(C)CCNC(=S)NNC(=O)Cn1nc(-c2ccc(F)cc2)oc1=O. The molecule has 0 aliphatic heterocycles. The summed E-state index contributed by atoms with van der Waals surface area (Å²) in [5.41, 5.74) is 5.34. The molecule has 1 aromatic carbocycles. The minimum atomic E-state index is -0.794. The van der Waals surface area contributed by atoms with Crippen LogP contribution in [0.1, 0.15) is 20.3 Å². The van der Waals surface area contributed by atoms with Crippen molar-refractivity contribution in [1.29, 1.82) is 0 Å². The molecule has 0 spiro atoms. The van der Waals surface area contributed by atoms with Gasteiger partial charge in [-0.3, -0.25) is 15.6 Å². The molecule has 0 atom stereocenters. The molecule has 0 bridgehead atoms. The molecule has 1 amide bonds. The van der Waals surface area contributed by atoms with E-state index in [-0.39, 0.29) is 17.5 Å². The Hall–Kier alpha value is -2.75. The molecule has 0 aliphatic carbocycles. The van der Waals surface area contributed by atoms with Gasteiger partial charge in [-0.1, -0.05) is 13.8 Å². The summed E-state index contributed by atoms with van der Waals surface area (Å²) in [6, 6.07) is 5.29. The largest absolute Gasteiger partial charge is 0.437 e. The van der Waals surface area contributed by atoms with Crippen LogP contribution in [0.3, 0.4) is 0 Å². The number of carbonyl (C=O) groups is 1. The highest BCUT2D eigenvalue weighted by Crippen LogP contribution is 2.15. The van der Waals surface area contributed by atoms with Crippen molar-refractivity contribution in [1.82, 2.24) is 25.9 Å². The molecule has 8 nitrogen and oxygen atoms in total. The first-order valence-corrected chi connectivity index (χ1v) is 8.42. The molecule has 1 heterocycles. The third kappa shape index (κ3) is 5.96. The third-order valence-electron chi connectivity index (χ3n) is 3.31. The summed E-state index contributed by atoms with van der Waals surface area (Å²) >= 11 is 5.02. The zero-order valence-electron chi connectivity index (χ0n) is 14.4. The molecule has 2 rings (SSSR count). The molecular weight excluding hydrogens is 361 g/mol. The summed E-state index contributed by atoms with van der Waals surface area (Å²) in [6.07, 6.45) is 0.941. The normalized spacial score (nSPS) is 10.6. The molecule has 0 saturated heterocycles. The Bertz CT molecular complexity index is 816. The van der Waals surface area contributed by atoms with Gasteiger partial charge in [-0.05, 0) is 48.8 Å². The van der Waals surface area contributed by atoms with Crippen LogP contribution in [0.5, 0.6) is 0 Å². The first kappa shape index (κ1) is 19.6. The Labute approximate surface area is 154 Å². The molecule has 0 radical (unpaired) electrons. The molecule has 10 heteroatoms. The van der Waals surface area contributed by atoms with Crippen LogP contribution >= 0.6 is 12.2 Å². The number of hydrazine groups is 1. The fraction of sp³-hybridized carbons (Fsp3) is 0.375. The predicted molar refractivity (Wildman–Crippen MR) is 97.5 cm³/mol. The van der Waals surface area contributed by atoms with E-state index in [4.69, 9.17) is 16.6 Å². The molecule has 140 valence electrons. The minimum absolute atomic E-state index is 0.00151. The van der Waals surface area contributed by atoms with Gasteiger partial charge in [0.15, 0.2) is 5.11 Å². The topological polar surface area (TPSA) is 101 Å². The van der Waals surface area contributed by atoms with Gasteiger partial charge >= 0.3 is 5.76 Å². The van der Waals surface area contributed by atoms with E-state index in [2.05, 4.69) is 35.1 Å². The second-order valence-electron chi connectivity index (χ2n) is 5.95. The number of rotatable bonds is 6. The number of nitrogens with zero attached hydrogens (tertiary/aromatic N) is 2. The van der Waals surface area contributed by atoms with Crippen molar-refractivity contribution in [2.24, 2.45) is 5.92 Å². The summed E-state index contributed by atoms with van der Waals surface area (Å²) in [6.45, 7) is 4.51. The van der Waals surface area contributed by atoms with Crippen LogP contribution in [0.4, 0.5) is 4.39 Å². The summed E-state index contributed by atoms with van der Waals surface area (Å²) in [5.74, 6) is -1.20. The Morgan fingerprint density at radius 1 is 1.31 bits per heavy atom. The van der Waals surface area contributed by atoms with Crippen LogP contribution in [0.25, 0.3) is 11.5 Å². The van der Waals surface area contributed by atoms with E-state index >= 15 is 0 Å². The summed E-state index contributed by atoms with van der Waals surface area (Å²) in [4.78, 5) is 23.7. The molecule has 0 unspecified atom stereocenters. The van der Waals surface area contributed by atoms with Crippen molar-refractivity contribution in [2.45, 2.75) is 26.8 Å². The van der Waals surface area contributed by atoms with Gasteiger partial charge in [-0.2, -0.15) is 4.68 Å². The molecule has 0 saturated carbocycles. The van der Waals surface area contributed by atoms with Crippen LogP contribution in [0.2, 0.25) is 0 Å². The molecule has 1 aromatic heterocycles. The monoisotopic (exact) mass is 381 g/mol. The molecule has 2 aromatic rings. The number of benzene rings is 1. The number of aromatic nitrogens is 2. The zero-order chi connectivity index (χ0) is 19.1. The van der Waals surface area contributed by atoms with E-state index in [1.807, 2.05) is 0 Å². The lowest BCUT2D eigenvalue weighted by molar-refractivity contribution is -0.122. The van der Waals surface area contributed by atoms with E-state index < -0.39 is 17.5 Å². The average molecular weight is 381 g/mol. The zero-order valence-corrected chi connectivity index (χ0v) is 15.2. The van der Waals surface area contributed by atoms with Crippen LogP contribution in [-0.4, -0.2) is 27.3 Å². The standard InChI is InChI=1S/C16H20FN5O3S/c1-10(2)7-8-18-15(26)20-19-13(23)9-22-16(24)25-14(21-22)11-3-5-12(17)6-4-11/h3-6,10H,7-9H2,1-2H3,(H,19,23)(H2,18,20,26). The highest BCUT2D eigenvalue weighted by Gasteiger charge is 2.13. The first-order valence-electron chi connectivity index (χ1n) is 8.01.